The molecule has 0 aromatic heterocycles. The van der Waals surface area contributed by atoms with Gasteiger partial charge in [0, 0.05) is 19.2 Å². The number of nitro groups is 1. The molecule has 1 N–H and O–H groups in total. The van der Waals surface area contributed by atoms with Gasteiger partial charge in [-0.3, -0.25) is 25.1 Å². The zero-order chi connectivity index (χ0) is 20.4. The van der Waals surface area contributed by atoms with Crippen LogP contribution in [0.3, 0.4) is 0 Å². The number of ether oxygens (including phenoxy) is 1. The summed E-state index contributed by atoms with van der Waals surface area (Å²) in [5.41, 5.74) is -1.24. The minimum atomic E-state index is -1.00. The van der Waals surface area contributed by atoms with Crippen LogP contribution in [0.4, 0.5) is 10.5 Å². The first-order valence-corrected chi connectivity index (χ1v) is 8.59. The molecule has 0 spiro atoms. The smallest absolute Gasteiger partial charge is 0.414 e. The number of benzene rings is 1. The molecule has 1 aromatic carbocycles. The molecule has 1 atom stereocenters. The number of amides is 2. The third kappa shape index (κ3) is 4.60. The van der Waals surface area contributed by atoms with Gasteiger partial charge in [-0.2, -0.15) is 0 Å². The number of alkyl carbamates (subject to hydrolysis) is 1. The normalized spacial score (nSPS) is 20.1. The van der Waals surface area contributed by atoms with Crippen molar-refractivity contribution >= 4 is 23.6 Å². The van der Waals surface area contributed by atoms with E-state index in [4.69, 9.17) is 4.74 Å². The summed E-state index contributed by atoms with van der Waals surface area (Å²) >= 11 is 0. The van der Waals surface area contributed by atoms with E-state index >= 15 is 0 Å². The van der Waals surface area contributed by atoms with Crippen LogP contribution in [0.1, 0.15) is 46.1 Å². The second kappa shape index (κ2) is 7.34. The Balaban J connectivity index is 2.45. The maximum atomic E-state index is 12.6. The van der Waals surface area contributed by atoms with Gasteiger partial charge in [0.15, 0.2) is 0 Å². The molecular weight excluding hydrogens is 352 g/mol. The Labute approximate surface area is 157 Å². The number of hydrogen-bond donors (Lipinski definition) is 1. The average Bonchev–Trinajstić information content (AvgIpc) is 2.57. The fourth-order valence-corrected chi connectivity index (χ4v) is 2.79. The monoisotopic (exact) mass is 376 g/mol. The second-order valence-electron chi connectivity index (χ2n) is 7.38. The molecule has 0 unspecified atom stereocenters. The predicted molar refractivity (Wildman–Crippen MR) is 99.3 cm³/mol. The standard InChI is InChI=1S/C18H24N4O5/c1-6-18(12-8-7-9-13(10-12)22(25)26)11-14(23)21(5)15(20-18)19-16(24)27-17(2,3)4/h7-10H,6,11H2,1-5H3,(H,19,20,24)/t18-/m0/s1. The van der Waals surface area contributed by atoms with E-state index in [1.807, 2.05) is 6.92 Å². The number of non-ortho nitro benzene ring substituents is 1. The number of carbonyl (C=O) groups is 2. The highest BCUT2D eigenvalue weighted by Gasteiger charge is 2.40. The molecule has 1 aliphatic rings. The predicted octanol–water partition coefficient (Wildman–Crippen LogP) is 2.94. The van der Waals surface area contributed by atoms with Crippen LogP contribution < -0.4 is 5.32 Å². The number of hydrogen-bond acceptors (Lipinski definition) is 6. The first-order valence-electron chi connectivity index (χ1n) is 8.59. The molecule has 1 aliphatic heterocycles. The van der Waals surface area contributed by atoms with Gasteiger partial charge in [0.25, 0.3) is 5.69 Å². The lowest BCUT2D eigenvalue weighted by atomic mass is 9.83. The number of nitrogens with zero attached hydrogens (tertiary/aromatic N) is 3. The van der Waals surface area contributed by atoms with E-state index in [0.717, 1.165) is 0 Å². The van der Waals surface area contributed by atoms with E-state index in [1.54, 1.807) is 32.9 Å². The van der Waals surface area contributed by atoms with Gasteiger partial charge in [0.1, 0.15) is 5.60 Å². The highest BCUT2D eigenvalue weighted by molar-refractivity contribution is 6.05. The van der Waals surface area contributed by atoms with Crippen LogP contribution in [0.2, 0.25) is 0 Å². The summed E-state index contributed by atoms with van der Waals surface area (Å²) in [5.74, 6) is -0.210. The number of nitro benzene ring substituents is 1. The third-order valence-corrected chi connectivity index (χ3v) is 4.25. The molecule has 9 heteroatoms. The Kier molecular flexibility index (Phi) is 5.53. The molecule has 2 amide bonds. The Hall–Kier alpha value is -2.97. The van der Waals surface area contributed by atoms with E-state index in [9.17, 15) is 19.7 Å². The first kappa shape index (κ1) is 20.3. The SMILES string of the molecule is CC[C@@]1(c2cccc([N+](=O)[O-])c2)CC(=O)N(C)C(NC(=O)OC(C)(C)C)=N1. The minimum absolute atomic E-state index is 0.0423. The molecule has 146 valence electrons. The van der Waals surface area contributed by atoms with Crippen molar-refractivity contribution in [2.75, 3.05) is 7.05 Å². The second-order valence-corrected chi connectivity index (χ2v) is 7.38. The summed E-state index contributed by atoms with van der Waals surface area (Å²) < 4.78 is 5.22. The van der Waals surface area contributed by atoms with Crippen molar-refractivity contribution in [1.29, 1.82) is 0 Å². The van der Waals surface area contributed by atoms with Crippen LogP contribution in [-0.4, -0.2) is 40.4 Å². The van der Waals surface area contributed by atoms with E-state index < -0.39 is 22.2 Å². The van der Waals surface area contributed by atoms with Crippen molar-refractivity contribution in [1.82, 2.24) is 10.2 Å². The Morgan fingerprint density at radius 1 is 1.44 bits per heavy atom. The fraction of sp³-hybridized carbons (Fsp3) is 0.500. The molecule has 0 fully saturated rings. The van der Waals surface area contributed by atoms with Crippen LogP contribution in [0, 0.1) is 10.1 Å². The number of nitrogens with one attached hydrogen (secondary N) is 1. The number of guanidine groups is 1. The lowest BCUT2D eigenvalue weighted by molar-refractivity contribution is -0.385. The minimum Gasteiger partial charge on any atom is -0.444 e. The van der Waals surface area contributed by atoms with Gasteiger partial charge in [-0.15, -0.1) is 0 Å². The zero-order valence-corrected chi connectivity index (χ0v) is 16.1. The zero-order valence-electron chi connectivity index (χ0n) is 16.1. The quantitative estimate of drug-likeness (QED) is 0.643. The highest BCUT2D eigenvalue weighted by atomic mass is 16.6. The van der Waals surface area contributed by atoms with Crippen molar-refractivity contribution in [3.05, 3.63) is 39.9 Å². The lowest BCUT2D eigenvalue weighted by Crippen LogP contribution is -2.52. The molecule has 0 radical (unpaired) electrons. The largest absolute Gasteiger partial charge is 0.444 e. The molecule has 0 aliphatic carbocycles. The van der Waals surface area contributed by atoms with E-state index in [2.05, 4.69) is 10.3 Å². The van der Waals surface area contributed by atoms with E-state index in [1.165, 1.54) is 24.1 Å². The highest BCUT2D eigenvalue weighted by Crippen LogP contribution is 2.38. The molecular formula is C18H24N4O5. The molecule has 1 aromatic rings. The molecule has 0 bridgehead atoms. The van der Waals surface area contributed by atoms with Gasteiger partial charge < -0.3 is 4.74 Å². The van der Waals surface area contributed by atoms with Crippen molar-refractivity contribution in [2.24, 2.45) is 4.99 Å². The summed E-state index contributed by atoms with van der Waals surface area (Å²) in [5, 5.41) is 13.6. The van der Waals surface area contributed by atoms with E-state index in [0.29, 0.717) is 12.0 Å². The van der Waals surface area contributed by atoms with Gasteiger partial charge in [0.2, 0.25) is 11.9 Å². The number of carbonyl (C=O) groups excluding carboxylic acids is 2. The van der Waals surface area contributed by atoms with E-state index in [-0.39, 0.29) is 24.0 Å². The summed E-state index contributed by atoms with van der Waals surface area (Å²) in [4.78, 5) is 41.1. The van der Waals surface area contributed by atoms with Crippen molar-refractivity contribution in [2.45, 2.75) is 51.7 Å². The number of rotatable bonds is 3. The Morgan fingerprint density at radius 3 is 2.67 bits per heavy atom. The Bertz CT molecular complexity index is 799. The average molecular weight is 376 g/mol. The van der Waals surface area contributed by atoms with Crippen molar-refractivity contribution < 1.29 is 19.2 Å². The van der Waals surface area contributed by atoms with Gasteiger partial charge in [-0.1, -0.05) is 19.1 Å². The van der Waals surface area contributed by atoms with Gasteiger partial charge in [-0.05, 0) is 32.8 Å². The molecule has 1 heterocycles. The summed E-state index contributed by atoms with van der Waals surface area (Å²) in [6.07, 6.45) is -0.264. The topological polar surface area (TPSA) is 114 Å². The third-order valence-electron chi connectivity index (χ3n) is 4.25. The van der Waals surface area contributed by atoms with Crippen LogP contribution >= 0.6 is 0 Å². The molecule has 27 heavy (non-hydrogen) atoms. The lowest BCUT2D eigenvalue weighted by Gasteiger charge is -2.37. The summed E-state index contributed by atoms with van der Waals surface area (Å²) in [6.45, 7) is 7.02. The van der Waals surface area contributed by atoms with Crippen LogP contribution in [0.15, 0.2) is 29.3 Å². The molecule has 9 nitrogen and oxygen atoms in total. The van der Waals surface area contributed by atoms with Gasteiger partial charge in [0.05, 0.1) is 16.9 Å². The fourth-order valence-electron chi connectivity index (χ4n) is 2.79. The first-order chi connectivity index (χ1) is 12.5. The van der Waals surface area contributed by atoms with Gasteiger partial charge in [-0.25, -0.2) is 9.79 Å². The summed E-state index contributed by atoms with van der Waals surface area (Å²) in [6, 6.07) is 6.05. The molecule has 0 saturated carbocycles. The molecule has 0 saturated heterocycles. The maximum Gasteiger partial charge on any atom is 0.414 e. The van der Waals surface area contributed by atoms with Crippen molar-refractivity contribution in [3.8, 4) is 0 Å². The maximum absolute atomic E-state index is 12.6. The van der Waals surface area contributed by atoms with Crippen LogP contribution in [0.25, 0.3) is 0 Å². The molecule has 2 rings (SSSR count). The van der Waals surface area contributed by atoms with Crippen LogP contribution in [-0.2, 0) is 15.1 Å². The Morgan fingerprint density at radius 2 is 2.11 bits per heavy atom. The van der Waals surface area contributed by atoms with Crippen molar-refractivity contribution in [3.63, 3.8) is 0 Å². The van der Waals surface area contributed by atoms with Gasteiger partial charge >= 0.3 is 6.09 Å². The number of aliphatic imine (C=N–C) groups is 1. The summed E-state index contributed by atoms with van der Waals surface area (Å²) in [7, 11) is 1.51. The van der Waals surface area contributed by atoms with Crippen LogP contribution in [0.5, 0.6) is 0 Å².